The molecule has 4 atom stereocenters. The van der Waals surface area contributed by atoms with Gasteiger partial charge in [-0.05, 0) is 25.0 Å². The van der Waals surface area contributed by atoms with Crippen molar-refractivity contribution in [3.05, 3.63) is 71.8 Å². The lowest BCUT2D eigenvalue weighted by molar-refractivity contribution is -0.164. The largest absolute Gasteiger partial charge is 0.480 e. The zero-order valence-corrected chi connectivity index (χ0v) is 19.7. The zero-order valence-electron chi connectivity index (χ0n) is 18.8. The van der Waals surface area contributed by atoms with Crippen molar-refractivity contribution in [2.45, 2.75) is 49.1 Å². The number of aliphatic carboxylic acids is 1. The number of alkyl carbamates (subject to hydrolysis) is 1. The number of benzene rings is 2. The van der Waals surface area contributed by atoms with Crippen LogP contribution in [0.4, 0.5) is 4.79 Å². The molecule has 2 amide bonds. The summed E-state index contributed by atoms with van der Waals surface area (Å²) >= 11 is 1.40. The van der Waals surface area contributed by atoms with E-state index in [-0.39, 0.29) is 31.5 Å². The first-order chi connectivity index (χ1) is 16.2. The molecular weight excluding hydrogens is 456 g/mol. The Balaban J connectivity index is 0.00000342. The van der Waals surface area contributed by atoms with Gasteiger partial charge in [0.05, 0.1) is 11.3 Å². The van der Waals surface area contributed by atoms with Gasteiger partial charge in [0, 0.05) is 12.6 Å². The second-order valence-electron chi connectivity index (χ2n) is 8.92. The minimum Gasteiger partial charge on any atom is -0.480 e. The van der Waals surface area contributed by atoms with E-state index < -0.39 is 34.8 Å². The maximum Gasteiger partial charge on any atom is 0.408 e. The summed E-state index contributed by atoms with van der Waals surface area (Å²) in [6.45, 7) is 3.64. The number of ketones is 1. The minimum absolute atomic E-state index is 0. The molecule has 0 aromatic heterocycles. The van der Waals surface area contributed by atoms with Crippen LogP contribution in [0.25, 0.3) is 0 Å². The molecule has 8 nitrogen and oxygen atoms in total. The number of carbonyl (C=O) groups is 4. The lowest BCUT2D eigenvalue weighted by atomic mass is 9.86. The summed E-state index contributed by atoms with van der Waals surface area (Å²) in [6, 6.07) is 16.0. The van der Waals surface area contributed by atoms with Crippen molar-refractivity contribution in [2.75, 3.05) is 0 Å². The third kappa shape index (κ3) is 4.65. The van der Waals surface area contributed by atoms with Gasteiger partial charge in [-0.1, -0.05) is 60.7 Å². The van der Waals surface area contributed by atoms with Gasteiger partial charge in [0.2, 0.25) is 5.91 Å². The number of hydrogen-bond donors (Lipinski definition) is 2. The van der Waals surface area contributed by atoms with Gasteiger partial charge >= 0.3 is 12.1 Å². The first-order valence-corrected chi connectivity index (χ1v) is 11.8. The number of fused-ring (bicyclic) bond motifs is 1. The third-order valence-electron chi connectivity index (χ3n) is 6.14. The second-order valence-corrected chi connectivity index (χ2v) is 10.7. The molecule has 2 aliphatic heterocycles. The SMILES string of the molecule is CC1(C)S[C@@H]2[C@H](CC(=O)[C@@H](NC(=O)OCc3ccccc3)c3ccccc3)C(=O)N2[C@H]1C(=O)O.[HH]. The molecule has 2 saturated heterocycles. The van der Waals surface area contributed by atoms with E-state index in [0.717, 1.165) is 5.56 Å². The number of nitrogens with zero attached hydrogens (tertiary/aromatic N) is 1. The highest BCUT2D eigenvalue weighted by Crippen LogP contribution is 2.54. The molecule has 34 heavy (non-hydrogen) atoms. The molecule has 0 unspecified atom stereocenters. The molecular formula is C25H28N2O6S. The van der Waals surface area contributed by atoms with Crippen LogP contribution in [0.3, 0.4) is 0 Å². The predicted octanol–water partition coefficient (Wildman–Crippen LogP) is 3.62. The second kappa shape index (κ2) is 9.50. The van der Waals surface area contributed by atoms with Crippen molar-refractivity contribution >= 4 is 35.5 Å². The average Bonchev–Trinajstić information content (AvgIpc) is 3.08. The number of nitrogens with one attached hydrogen (secondary N) is 1. The fourth-order valence-electron chi connectivity index (χ4n) is 4.49. The summed E-state index contributed by atoms with van der Waals surface area (Å²) < 4.78 is 4.62. The number of ether oxygens (including phenoxy) is 1. The first kappa shape index (κ1) is 23.8. The van der Waals surface area contributed by atoms with E-state index in [9.17, 15) is 24.3 Å². The number of Topliss-reactive ketones (excluding diaryl/α,β-unsaturated/α-hetero) is 1. The summed E-state index contributed by atoms with van der Waals surface area (Å²) in [5.41, 5.74) is 1.39. The molecule has 0 bridgehead atoms. The maximum atomic E-state index is 13.3. The van der Waals surface area contributed by atoms with E-state index in [0.29, 0.717) is 5.56 Å². The molecule has 2 aromatic rings. The Morgan fingerprint density at radius 3 is 2.35 bits per heavy atom. The van der Waals surface area contributed by atoms with Crippen molar-refractivity contribution in [3.63, 3.8) is 0 Å². The molecule has 2 fully saturated rings. The Morgan fingerprint density at radius 1 is 1.12 bits per heavy atom. The number of rotatable bonds is 8. The number of amides is 2. The standard InChI is InChI=1S/C25H26N2O6S.H2/c1-25(2)20(23(30)31)27-21(29)17(22(27)34-25)13-18(28)19(16-11-7-4-8-12-16)26-24(32)33-14-15-9-5-3-6-10-15;/h3-12,17,19-20,22H,13-14H2,1-2H3,(H,26,32)(H,30,31);1H/t17-,19+,20+,22-;/m1./s1. The van der Waals surface area contributed by atoms with Crippen molar-refractivity contribution in [1.29, 1.82) is 0 Å². The molecule has 2 aromatic carbocycles. The van der Waals surface area contributed by atoms with E-state index in [2.05, 4.69) is 5.32 Å². The zero-order chi connectivity index (χ0) is 24.5. The van der Waals surface area contributed by atoms with E-state index in [1.165, 1.54) is 16.7 Å². The quantitative estimate of drug-likeness (QED) is 0.550. The minimum atomic E-state index is -1.05. The van der Waals surface area contributed by atoms with Crippen molar-refractivity contribution in [3.8, 4) is 0 Å². The van der Waals surface area contributed by atoms with Crippen LogP contribution in [0, 0.1) is 5.92 Å². The summed E-state index contributed by atoms with van der Waals surface area (Å²) in [4.78, 5) is 51.7. The van der Waals surface area contributed by atoms with Gasteiger partial charge in [0.15, 0.2) is 5.78 Å². The number of carboxylic acids is 1. The average molecular weight is 485 g/mol. The summed E-state index contributed by atoms with van der Waals surface area (Å²) in [6.07, 6.45) is -0.844. The van der Waals surface area contributed by atoms with E-state index >= 15 is 0 Å². The van der Waals surface area contributed by atoms with Crippen LogP contribution in [0.1, 0.15) is 38.9 Å². The number of carboxylic acid groups (broad SMARTS) is 1. The van der Waals surface area contributed by atoms with Crippen LogP contribution in [0.15, 0.2) is 60.7 Å². The van der Waals surface area contributed by atoms with Crippen LogP contribution in [0.5, 0.6) is 0 Å². The Morgan fingerprint density at radius 2 is 1.74 bits per heavy atom. The Hall–Kier alpha value is -3.33. The smallest absolute Gasteiger partial charge is 0.408 e. The lowest BCUT2D eigenvalue weighted by Crippen LogP contribution is -2.63. The monoisotopic (exact) mass is 484 g/mol. The molecule has 0 spiro atoms. The molecule has 2 aliphatic rings. The normalized spacial score (nSPS) is 23.4. The summed E-state index contributed by atoms with van der Waals surface area (Å²) in [7, 11) is 0. The highest BCUT2D eigenvalue weighted by molar-refractivity contribution is 8.01. The number of thioether (sulfide) groups is 1. The molecule has 4 rings (SSSR count). The molecule has 9 heteroatoms. The number of hydrogen-bond acceptors (Lipinski definition) is 6. The Bertz CT molecular complexity index is 1100. The topological polar surface area (TPSA) is 113 Å². The number of carbonyl (C=O) groups excluding carboxylic acids is 3. The summed E-state index contributed by atoms with van der Waals surface area (Å²) in [5.74, 6) is -2.36. The van der Waals surface area contributed by atoms with Gasteiger partial charge in [-0.25, -0.2) is 9.59 Å². The van der Waals surface area contributed by atoms with Gasteiger partial charge in [-0.3, -0.25) is 9.59 Å². The van der Waals surface area contributed by atoms with Crippen LogP contribution in [0.2, 0.25) is 0 Å². The van der Waals surface area contributed by atoms with Gasteiger partial charge in [-0.15, -0.1) is 11.8 Å². The molecule has 2 heterocycles. The van der Waals surface area contributed by atoms with E-state index in [4.69, 9.17) is 4.74 Å². The Labute approximate surface area is 203 Å². The maximum absolute atomic E-state index is 13.3. The van der Waals surface area contributed by atoms with Crippen LogP contribution < -0.4 is 5.32 Å². The van der Waals surface area contributed by atoms with E-state index in [1.54, 1.807) is 44.2 Å². The van der Waals surface area contributed by atoms with Gasteiger partial charge in [0.1, 0.15) is 18.7 Å². The Kier molecular flexibility index (Phi) is 6.65. The van der Waals surface area contributed by atoms with Gasteiger partial charge in [0.25, 0.3) is 0 Å². The molecule has 0 radical (unpaired) electrons. The van der Waals surface area contributed by atoms with Crippen LogP contribution in [-0.2, 0) is 25.7 Å². The van der Waals surface area contributed by atoms with E-state index in [1.807, 2.05) is 30.3 Å². The fraction of sp³-hybridized carbons (Fsp3) is 0.360. The number of β-lactam (4-membered cyclic amide) rings is 1. The molecule has 0 aliphatic carbocycles. The predicted molar refractivity (Wildman–Crippen MR) is 128 cm³/mol. The van der Waals surface area contributed by atoms with Gasteiger partial charge in [-0.2, -0.15) is 0 Å². The van der Waals surface area contributed by atoms with Crippen molar-refractivity contribution in [2.24, 2.45) is 5.92 Å². The van der Waals surface area contributed by atoms with Crippen molar-refractivity contribution < 1.29 is 30.4 Å². The summed E-state index contributed by atoms with van der Waals surface area (Å²) in [5, 5.41) is 11.8. The molecule has 2 N–H and O–H groups in total. The third-order valence-corrected chi connectivity index (χ3v) is 7.76. The molecule has 0 saturated carbocycles. The van der Waals surface area contributed by atoms with Crippen molar-refractivity contribution in [1.82, 2.24) is 10.2 Å². The lowest BCUT2D eigenvalue weighted by Gasteiger charge is -2.43. The van der Waals surface area contributed by atoms with Crippen LogP contribution >= 0.6 is 11.8 Å². The highest BCUT2D eigenvalue weighted by atomic mass is 32.2. The first-order valence-electron chi connectivity index (χ1n) is 11.0. The molecule has 180 valence electrons. The van der Waals surface area contributed by atoms with Crippen LogP contribution in [-0.4, -0.2) is 49.9 Å². The van der Waals surface area contributed by atoms with Gasteiger partial charge < -0.3 is 20.1 Å². The fourth-order valence-corrected chi connectivity index (χ4v) is 6.17. The highest BCUT2D eigenvalue weighted by Gasteiger charge is 2.63.